The zero-order valence-electron chi connectivity index (χ0n) is 15.3. The van der Waals surface area contributed by atoms with E-state index in [1.807, 2.05) is 20.8 Å². The summed E-state index contributed by atoms with van der Waals surface area (Å²) in [5.74, 6) is 0.399. The van der Waals surface area contributed by atoms with E-state index in [2.05, 4.69) is 6.58 Å². The summed E-state index contributed by atoms with van der Waals surface area (Å²) in [6, 6.07) is 1.27. The lowest BCUT2D eigenvalue weighted by atomic mass is 10.1. The van der Waals surface area contributed by atoms with Gasteiger partial charge >= 0.3 is 6.09 Å². The first kappa shape index (κ1) is 21.3. The van der Waals surface area contributed by atoms with Crippen molar-refractivity contribution in [3.8, 4) is 6.07 Å². The van der Waals surface area contributed by atoms with Crippen LogP contribution in [0.25, 0.3) is 0 Å². The molecule has 1 amide bonds. The number of aliphatic hydroxyl groups is 1. The summed E-state index contributed by atoms with van der Waals surface area (Å²) >= 11 is 0. The monoisotopic (exact) mass is 326 g/mol. The van der Waals surface area contributed by atoms with E-state index in [1.54, 1.807) is 33.9 Å². The number of amides is 1. The van der Waals surface area contributed by atoms with Gasteiger partial charge in [0.1, 0.15) is 23.1 Å². The summed E-state index contributed by atoms with van der Waals surface area (Å²) in [7, 11) is 1.59. The zero-order valence-corrected chi connectivity index (χ0v) is 15.3. The maximum Gasteiger partial charge on any atom is 0.410 e. The van der Waals surface area contributed by atoms with Crippen molar-refractivity contribution >= 4 is 6.09 Å². The van der Waals surface area contributed by atoms with Crippen LogP contribution in [0.2, 0.25) is 0 Å². The number of rotatable bonds is 6. The van der Waals surface area contributed by atoms with Crippen molar-refractivity contribution in [1.82, 2.24) is 4.90 Å². The Morgan fingerprint density at radius 1 is 1.17 bits per heavy atom. The number of carbonyl (C=O) groups excluding carboxylic acids is 1. The predicted octanol–water partition coefficient (Wildman–Crippen LogP) is 3.22. The van der Waals surface area contributed by atoms with E-state index in [9.17, 15) is 9.90 Å². The van der Waals surface area contributed by atoms with Crippen LogP contribution in [0, 0.1) is 11.3 Å². The highest BCUT2D eigenvalue weighted by Crippen LogP contribution is 2.23. The number of hydrogen-bond acceptors (Lipinski definition) is 5. The first-order valence-electron chi connectivity index (χ1n) is 7.68. The molecule has 0 aliphatic rings. The van der Waals surface area contributed by atoms with Crippen LogP contribution in [0.5, 0.6) is 0 Å². The van der Waals surface area contributed by atoms with Gasteiger partial charge in [-0.3, -0.25) is 0 Å². The molecule has 0 saturated carbocycles. The molecule has 0 fully saturated rings. The van der Waals surface area contributed by atoms with Gasteiger partial charge in [-0.2, -0.15) is 5.26 Å². The summed E-state index contributed by atoms with van der Waals surface area (Å²) in [6.45, 7) is 14.9. The van der Waals surface area contributed by atoms with Gasteiger partial charge in [-0.05, 0) is 54.4 Å². The molecule has 23 heavy (non-hydrogen) atoms. The first-order valence-corrected chi connectivity index (χ1v) is 7.68. The van der Waals surface area contributed by atoms with E-state index in [4.69, 9.17) is 14.7 Å². The molecule has 0 heterocycles. The fourth-order valence-corrected chi connectivity index (χ4v) is 1.87. The second-order valence-electron chi connectivity index (χ2n) is 7.51. The quantitative estimate of drug-likeness (QED) is 0.598. The summed E-state index contributed by atoms with van der Waals surface area (Å²) in [5, 5.41) is 18.2. The van der Waals surface area contributed by atoms with Gasteiger partial charge in [0.2, 0.25) is 0 Å². The van der Waals surface area contributed by atoms with Gasteiger partial charge in [0.05, 0.1) is 12.1 Å². The van der Waals surface area contributed by atoms with Gasteiger partial charge in [-0.25, -0.2) is 4.79 Å². The van der Waals surface area contributed by atoms with Crippen molar-refractivity contribution in [1.29, 1.82) is 5.26 Å². The average molecular weight is 326 g/mol. The molecule has 2 atom stereocenters. The molecule has 0 spiro atoms. The molecule has 0 bridgehead atoms. The third-order valence-electron chi connectivity index (χ3n) is 2.82. The van der Waals surface area contributed by atoms with E-state index in [-0.39, 0.29) is 6.42 Å². The topological polar surface area (TPSA) is 82.8 Å². The molecule has 0 aliphatic heterocycles. The second kappa shape index (κ2) is 8.21. The fourth-order valence-electron chi connectivity index (χ4n) is 1.87. The molecule has 132 valence electrons. The highest BCUT2D eigenvalue weighted by atomic mass is 16.6. The Morgan fingerprint density at radius 3 is 2.04 bits per heavy atom. The van der Waals surface area contributed by atoms with Crippen molar-refractivity contribution in [2.75, 3.05) is 7.05 Å². The molecular weight excluding hydrogens is 296 g/mol. The number of aliphatic hydroxyl groups excluding tert-OH is 1. The minimum atomic E-state index is -1.09. The molecular formula is C17H30N2O4. The minimum absolute atomic E-state index is 0.209. The van der Waals surface area contributed by atoms with Crippen molar-refractivity contribution in [2.45, 2.75) is 77.7 Å². The van der Waals surface area contributed by atoms with Gasteiger partial charge in [-0.1, -0.05) is 6.58 Å². The molecule has 0 saturated heterocycles. The molecule has 6 nitrogen and oxygen atoms in total. The Kier molecular flexibility index (Phi) is 7.59. The molecule has 0 aromatic heterocycles. The number of likely N-dealkylation sites (N-methyl/N-ethyl adjacent to an activating group) is 1. The van der Waals surface area contributed by atoms with Crippen LogP contribution >= 0.6 is 0 Å². The highest BCUT2D eigenvalue weighted by Gasteiger charge is 2.30. The van der Waals surface area contributed by atoms with Crippen LogP contribution in [0.1, 0.15) is 54.4 Å². The highest BCUT2D eigenvalue weighted by molar-refractivity contribution is 5.68. The SMILES string of the molecule is C=C(OC(C)(C)C)[C@H](CCC(O)C#N)N(C)C(=O)OC(C)(C)C. The lowest BCUT2D eigenvalue weighted by Gasteiger charge is -2.34. The van der Waals surface area contributed by atoms with Crippen molar-refractivity contribution in [3.63, 3.8) is 0 Å². The predicted molar refractivity (Wildman–Crippen MR) is 88.6 cm³/mol. The van der Waals surface area contributed by atoms with Gasteiger partial charge in [0.25, 0.3) is 0 Å². The second-order valence-corrected chi connectivity index (χ2v) is 7.51. The van der Waals surface area contributed by atoms with Crippen molar-refractivity contribution in [2.24, 2.45) is 0 Å². The Hall–Kier alpha value is -1.74. The zero-order chi connectivity index (χ0) is 18.4. The van der Waals surface area contributed by atoms with Crippen LogP contribution in [0.3, 0.4) is 0 Å². The summed E-state index contributed by atoms with van der Waals surface area (Å²) < 4.78 is 11.1. The van der Waals surface area contributed by atoms with Crippen LogP contribution in [-0.2, 0) is 9.47 Å². The fraction of sp³-hybridized carbons (Fsp3) is 0.765. The number of ether oxygens (including phenoxy) is 2. The Morgan fingerprint density at radius 2 is 1.65 bits per heavy atom. The molecule has 6 heteroatoms. The van der Waals surface area contributed by atoms with Crippen LogP contribution in [0.15, 0.2) is 12.3 Å². The molecule has 0 radical (unpaired) electrons. The van der Waals surface area contributed by atoms with E-state index < -0.39 is 29.4 Å². The standard InChI is InChI=1S/C17H30N2O4/c1-12(22-16(2,3)4)14(10-9-13(20)11-18)19(8)15(21)23-17(5,6)7/h13-14,20H,1,9-10H2,2-8H3/t13?,14-/m0/s1. The molecule has 0 rings (SSSR count). The lowest BCUT2D eigenvalue weighted by Crippen LogP contribution is -2.43. The third kappa shape index (κ3) is 9.09. The Bertz CT molecular complexity index is 455. The van der Waals surface area contributed by atoms with Crippen LogP contribution < -0.4 is 0 Å². The first-order chi connectivity index (χ1) is 10.3. The van der Waals surface area contributed by atoms with E-state index in [1.165, 1.54) is 4.90 Å². The largest absolute Gasteiger partial charge is 0.491 e. The van der Waals surface area contributed by atoms with Crippen molar-refractivity contribution in [3.05, 3.63) is 12.3 Å². The molecule has 0 aromatic carbocycles. The number of carbonyl (C=O) groups is 1. The molecule has 0 aromatic rings. The lowest BCUT2D eigenvalue weighted by molar-refractivity contribution is -0.000893. The van der Waals surface area contributed by atoms with Gasteiger partial charge in [-0.15, -0.1) is 0 Å². The number of nitrogens with zero attached hydrogens (tertiary/aromatic N) is 2. The van der Waals surface area contributed by atoms with Gasteiger partial charge in [0.15, 0.2) is 0 Å². The van der Waals surface area contributed by atoms with Gasteiger partial charge < -0.3 is 19.5 Å². The minimum Gasteiger partial charge on any atom is -0.491 e. The van der Waals surface area contributed by atoms with E-state index >= 15 is 0 Å². The van der Waals surface area contributed by atoms with Crippen molar-refractivity contribution < 1.29 is 19.4 Å². The van der Waals surface area contributed by atoms with Gasteiger partial charge in [0, 0.05) is 7.05 Å². The number of hydrogen-bond donors (Lipinski definition) is 1. The summed E-state index contributed by atoms with van der Waals surface area (Å²) in [6.07, 6.45) is -1.04. The normalized spacial score (nSPS) is 14.4. The Balaban J connectivity index is 5.13. The number of nitriles is 1. The summed E-state index contributed by atoms with van der Waals surface area (Å²) in [4.78, 5) is 13.7. The average Bonchev–Trinajstić information content (AvgIpc) is 2.34. The molecule has 0 aliphatic carbocycles. The smallest absolute Gasteiger partial charge is 0.410 e. The van der Waals surface area contributed by atoms with E-state index in [0.717, 1.165) is 0 Å². The molecule has 1 unspecified atom stereocenters. The maximum atomic E-state index is 12.3. The maximum absolute atomic E-state index is 12.3. The third-order valence-corrected chi connectivity index (χ3v) is 2.82. The summed E-state index contributed by atoms with van der Waals surface area (Å²) in [5.41, 5.74) is -1.08. The van der Waals surface area contributed by atoms with E-state index in [0.29, 0.717) is 12.2 Å². The van der Waals surface area contributed by atoms with Crippen LogP contribution in [-0.4, -0.2) is 46.5 Å². The Labute approximate surface area is 139 Å². The van der Waals surface area contributed by atoms with Crippen LogP contribution in [0.4, 0.5) is 4.79 Å². The molecule has 1 N–H and O–H groups in total.